The van der Waals surface area contributed by atoms with Gasteiger partial charge in [0.25, 0.3) is 0 Å². The number of methoxy groups -OCH3 is 1. The molecule has 1 aliphatic heterocycles. The monoisotopic (exact) mass is 327 g/mol. The molecule has 0 amide bonds. The van der Waals surface area contributed by atoms with E-state index in [1.807, 2.05) is 30.3 Å². The number of rotatable bonds is 6. The van der Waals surface area contributed by atoms with Gasteiger partial charge in [-0.25, -0.2) is 8.42 Å². The van der Waals surface area contributed by atoms with Gasteiger partial charge in [-0.2, -0.15) is 4.31 Å². The first-order chi connectivity index (χ1) is 10.5. The van der Waals surface area contributed by atoms with E-state index in [0.717, 1.165) is 5.56 Å². The summed E-state index contributed by atoms with van der Waals surface area (Å²) in [6.07, 6.45) is 0.365. The Morgan fingerprint density at radius 3 is 2.77 bits per heavy atom. The SMILES string of the molecule is COC(=O)CCCS(=O)(=O)N1CCOC[C@H]1c1ccccc1. The second-order valence-electron chi connectivity index (χ2n) is 5.11. The smallest absolute Gasteiger partial charge is 0.305 e. The molecule has 1 aliphatic rings. The van der Waals surface area contributed by atoms with Gasteiger partial charge in [0, 0.05) is 13.0 Å². The third-order valence-corrected chi connectivity index (χ3v) is 5.59. The van der Waals surface area contributed by atoms with E-state index in [1.54, 1.807) is 0 Å². The average Bonchev–Trinajstić information content (AvgIpc) is 2.55. The summed E-state index contributed by atoms with van der Waals surface area (Å²) in [5.74, 6) is -0.456. The highest BCUT2D eigenvalue weighted by molar-refractivity contribution is 7.89. The van der Waals surface area contributed by atoms with Gasteiger partial charge in [-0.1, -0.05) is 30.3 Å². The first kappa shape index (κ1) is 16.9. The lowest BCUT2D eigenvalue weighted by Crippen LogP contribution is -2.44. The van der Waals surface area contributed by atoms with Gasteiger partial charge < -0.3 is 9.47 Å². The Morgan fingerprint density at radius 1 is 1.36 bits per heavy atom. The topological polar surface area (TPSA) is 72.9 Å². The largest absolute Gasteiger partial charge is 0.469 e. The zero-order chi connectivity index (χ0) is 16.0. The lowest BCUT2D eigenvalue weighted by atomic mass is 10.1. The van der Waals surface area contributed by atoms with Crippen LogP contribution < -0.4 is 0 Å². The van der Waals surface area contributed by atoms with E-state index in [9.17, 15) is 13.2 Å². The number of hydrogen-bond donors (Lipinski definition) is 0. The lowest BCUT2D eigenvalue weighted by molar-refractivity contribution is -0.140. The van der Waals surface area contributed by atoms with Crippen molar-refractivity contribution >= 4 is 16.0 Å². The molecular formula is C15H21NO5S. The molecule has 22 heavy (non-hydrogen) atoms. The Kier molecular flexibility index (Phi) is 5.93. The molecule has 122 valence electrons. The van der Waals surface area contributed by atoms with Gasteiger partial charge in [-0.05, 0) is 12.0 Å². The van der Waals surface area contributed by atoms with E-state index < -0.39 is 16.0 Å². The molecule has 1 saturated heterocycles. The lowest BCUT2D eigenvalue weighted by Gasteiger charge is -2.34. The average molecular weight is 327 g/mol. The fourth-order valence-electron chi connectivity index (χ4n) is 2.48. The van der Waals surface area contributed by atoms with Crippen LogP contribution in [0.5, 0.6) is 0 Å². The van der Waals surface area contributed by atoms with Crippen molar-refractivity contribution in [3.63, 3.8) is 0 Å². The van der Waals surface area contributed by atoms with Crippen LogP contribution in [0, 0.1) is 0 Å². The van der Waals surface area contributed by atoms with E-state index >= 15 is 0 Å². The van der Waals surface area contributed by atoms with Crippen molar-refractivity contribution in [3.8, 4) is 0 Å². The summed E-state index contributed by atoms with van der Waals surface area (Å²) in [6.45, 7) is 1.07. The van der Waals surface area contributed by atoms with Crippen molar-refractivity contribution in [1.82, 2.24) is 4.31 Å². The molecule has 1 atom stereocenters. The van der Waals surface area contributed by atoms with E-state index in [4.69, 9.17) is 4.74 Å². The Bertz CT molecular complexity index is 587. The van der Waals surface area contributed by atoms with Gasteiger partial charge in [0.1, 0.15) is 0 Å². The molecule has 1 heterocycles. The highest BCUT2D eigenvalue weighted by atomic mass is 32.2. The molecular weight excluding hydrogens is 306 g/mol. The van der Waals surface area contributed by atoms with Gasteiger partial charge in [-0.15, -0.1) is 0 Å². The molecule has 0 N–H and O–H groups in total. The summed E-state index contributed by atoms with van der Waals surface area (Å²) in [7, 11) is -2.14. The highest BCUT2D eigenvalue weighted by Crippen LogP contribution is 2.27. The third-order valence-electron chi connectivity index (χ3n) is 3.63. The van der Waals surface area contributed by atoms with Crippen molar-refractivity contribution < 1.29 is 22.7 Å². The van der Waals surface area contributed by atoms with Gasteiger partial charge in [0.2, 0.25) is 10.0 Å². The highest BCUT2D eigenvalue weighted by Gasteiger charge is 2.33. The second kappa shape index (κ2) is 7.71. The summed E-state index contributed by atoms with van der Waals surface area (Å²) in [6, 6.07) is 9.14. The molecule has 7 heteroatoms. The minimum Gasteiger partial charge on any atom is -0.469 e. The molecule has 1 fully saturated rings. The zero-order valence-corrected chi connectivity index (χ0v) is 13.4. The fourth-order valence-corrected chi connectivity index (χ4v) is 4.14. The van der Waals surface area contributed by atoms with Crippen molar-refractivity contribution in [1.29, 1.82) is 0 Å². The number of sulfonamides is 1. The number of carbonyl (C=O) groups excluding carboxylic acids is 1. The quantitative estimate of drug-likeness (QED) is 0.737. The molecule has 1 aromatic carbocycles. The van der Waals surface area contributed by atoms with Crippen LogP contribution in [0.1, 0.15) is 24.4 Å². The van der Waals surface area contributed by atoms with Crippen LogP contribution >= 0.6 is 0 Å². The third kappa shape index (κ3) is 4.28. The maximum Gasteiger partial charge on any atom is 0.305 e. The van der Waals surface area contributed by atoms with Crippen LogP contribution in [-0.2, 0) is 24.3 Å². The number of carbonyl (C=O) groups is 1. The van der Waals surface area contributed by atoms with Crippen molar-refractivity contribution in [3.05, 3.63) is 35.9 Å². The zero-order valence-electron chi connectivity index (χ0n) is 12.6. The van der Waals surface area contributed by atoms with E-state index in [2.05, 4.69) is 4.74 Å². The summed E-state index contributed by atoms with van der Waals surface area (Å²) in [5, 5.41) is 0. The van der Waals surface area contributed by atoms with Crippen LogP contribution in [0.4, 0.5) is 0 Å². The predicted octanol–water partition coefficient (Wildman–Crippen LogP) is 1.34. The normalized spacial score (nSPS) is 19.8. The minimum atomic E-state index is -3.44. The van der Waals surface area contributed by atoms with Crippen molar-refractivity contribution in [2.24, 2.45) is 0 Å². The van der Waals surface area contributed by atoms with E-state index in [-0.39, 0.29) is 24.6 Å². The Labute approximate surface area is 131 Å². The molecule has 0 aliphatic carbocycles. The molecule has 2 rings (SSSR count). The Balaban J connectivity index is 2.07. The molecule has 0 saturated carbocycles. The first-order valence-electron chi connectivity index (χ1n) is 7.23. The maximum atomic E-state index is 12.6. The minimum absolute atomic E-state index is 0.0641. The standard InChI is InChI=1S/C15H21NO5S/c1-20-15(17)8-5-11-22(18,19)16-9-10-21-12-14(16)13-6-3-2-4-7-13/h2-4,6-7,14H,5,8-12H2,1H3/t14-/m0/s1. The maximum absolute atomic E-state index is 12.6. The van der Waals surface area contributed by atoms with Gasteiger partial charge in [0.05, 0.1) is 32.1 Å². The first-order valence-corrected chi connectivity index (χ1v) is 8.84. The number of ether oxygens (including phenoxy) is 2. The number of benzene rings is 1. The fraction of sp³-hybridized carbons (Fsp3) is 0.533. The second-order valence-corrected chi connectivity index (χ2v) is 7.15. The molecule has 0 spiro atoms. The van der Waals surface area contributed by atoms with Crippen LogP contribution in [-0.4, -0.2) is 51.3 Å². The van der Waals surface area contributed by atoms with Crippen molar-refractivity contribution in [2.75, 3.05) is 32.6 Å². The van der Waals surface area contributed by atoms with Crippen LogP contribution in [0.3, 0.4) is 0 Å². The van der Waals surface area contributed by atoms with Crippen LogP contribution in [0.15, 0.2) is 30.3 Å². The summed E-state index contributed by atoms with van der Waals surface area (Å²) in [4.78, 5) is 11.1. The van der Waals surface area contributed by atoms with Gasteiger partial charge in [-0.3, -0.25) is 4.79 Å². The molecule has 0 aromatic heterocycles. The summed E-state index contributed by atoms with van der Waals surface area (Å²) in [5.41, 5.74) is 0.916. The molecule has 0 bridgehead atoms. The van der Waals surface area contributed by atoms with E-state index in [1.165, 1.54) is 11.4 Å². The number of morpholine rings is 1. The predicted molar refractivity (Wildman–Crippen MR) is 81.7 cm³/mol. The molecule has 6 nitrogen and oxygen atoms in total. The number of nitrogens with zero attached hydrogens (tertiary/aromatic N) is 1. The number of esters is 1. The van der Waals surface area contributed by atoms with Gasteiger partial charge >= 0.3 is 5.97 Å². The summed E-state index contributed by atoms with van der Waals surface area (Å²) >= 11 is 0. The molecule has 0 radical (unpaired) electrons. The van der Waals surface area contributed by atoms with E-state index in [0.29, 0.717) is 19.8 Å². The van der Waals surface area contributed by atoms with Crippen molar-refractivity contribution in [2.45, 2.75) is 18.9 Å². The number of hydrogen-bond acceptors (Lipinski definition) is 5. The Hall–Kier alpha value is -1.44. The molecule has 0 unspecified atom stereocenters. The Morgan fingerprint density at radius 2 is 2.09 bits per heavy atom. The summed E-state index contributed by atoms with van der Waals surface area (Å²) < 4.78 is 36.6. The van der Waals surface area contributed by atoms with Gasteiger partial charge in [0.15, 0.2) is 0 Å². The molecule has 1 aromatic rings. The van der Waals surface area contributed by atoms with Crippen LogP contribution in [0.25, 0.3) is 0 Å². The van der Waals surface area contributed by atoms with Crippen LogP contribution in [0.2, 0.25) is 0 Å².